The molecule has 0 aliphatic rings. The second kappa shape index (κ2) is 6.16. The molecule has 0 amide bonds. The fourth-order valence-electron chi connectivity index (χ4n) is 2.63. The van der Waals surface area contributed by atoms with Crippen LogP contribution in [0.1, 0.15) is 11.3 Å². The average molecular weight is 347 g/mol. The van der Waals surface area contributed by atoms with Crippen molar-refractivity contribution in [1.82, 2.24) is 9.78 Å². The van der Waals surface area contributed by atoms with Gasteiger partial charge in [0, 0.05) is 0 Å². The Hall–Kier alpha value is -2.96. The standard InChI is InChI=1S/C18H16F3N3O/c1-11-4-3-5-13(10-11)24-17(22)15(16(23-24)18(19,20)21)12-6-8-14(25-2)9-7-12/h3-10H,22H2,1-2H3. The smallest absolute Gasteiger partial charge is 0.435 e. The van der Waals surface area contributed by atoms with Gasteiger partial charge in [0.25, 0.3) is 0 Å². The predicted octanol–water partition coefficient (Wildman–Crippen LogP) is 4.46. The number of aromatic nitrogens is 2. The van der Waals surface area contributed by atoms with E-state index in [0.29, 0.717) is 17.0 Å². The zero-order valence-electron chi connectivity index (χ0n) is 13.6. The molecule has 4 nitrogen and oxygen atoms in total. The number of aryl methyl sites for hydroxylation is 1. The van der Waals surface area contributed by atoms with E-state index in [-0.39, 0.29) is 11.4 Å². The second-order valence-corrected chi connectivity index (χ2v) is 5.59. The van der Waals surface area contributed by atoms with E-state index in [1.165, 1.54) is 19.2 Å². The number of benzene rings is 2. The van der Waals surface area contributed by atoms with Gasteiger partial charge in [-0.05, 0) is 42.3 Å². The van der Waals surface area contributed by atoms with E-state index in [0.717, 1.165) is 10.2 Å². The molecule has 0 aliphatic carbocycles. The molecule has 0 spiro atoms. The summed E-state index contributed by atoms with van der Waals surface area (Å²) in [7, 11) is 1.49. The number of nitrogens with two attached hydrogens (primary N) is 1. The highest BCUT2D eigenvalue weighted by Crippen LogP contribution is 2.41. The minimum Gasteiger partial charge on any atom is -0.497 e. The molecular weight excluding hydrogens is 331 g/mol. The number of halogens is 3. The lowest BCUT2D eigenvalue weighted by molar-refractivity contribution is -0.140. The number of methoxy groups -OCH3 is 1. The van der Waals surface area contributed by atoms with E-state index in [9.17, 15) is 13.2 Å². The van der Waals surface area contributed by atoms with Crippen LogP contribution in [0.5, 0.6) is 5.75 Å². The van der Waals surface area contributed by atoms with Gasteiger partial charge in [0.15, 0.2) is 5.69 Å². The summed E-state index contributed by atoms with van der Waals surface area (Å²) >= 11 is 0. The average Bonchev–Trinajstić information content (AvgIpc) is 2.92. The monoisotopic (exact) mass is 347 g/mol. The van der Waals surface area contributed by atoms with E-state index in [4.69, 9.17) is 10.5 Å². The lowest BCUT2D eigenvalue weighted by Gasteiger charge is -2.08. The minimum atomic E-state index is -4.63. The number of rotatable bonds is 3. The second-order valence-electron chi connectivity index (χ2n) is 5.59. The van der Waals surface area contributed by atoms with Gasteiger partial charge in [-0.3, -0.25) is 0 Å². The van der Waals surface area contributed by atoms with Crippen LogP contribution in [0.2, 0.25) is 0 Å². The first-order valence-electron chi connectivity index (χ1n) is 7.48. The van der Waals surface area contributed by atoms with Gasteiger partial charge in [0.1, 0.15) is 11.6 Å². The Morgan fingerprint density at radius 2 is 1.76 bits per heavy atom. The van der Waals surface area contributed by atoms with E-state index in [1.807, 2.05) is 13.0 Å². The molecule has 7 heteroatoms. The topological polar surface area (TPSA) is 53.1 Å². The molecule has 25 heavy (non-hydrogen) atoms. The van der Waals surface area contributed by atoms with Crippen LogP contribution >= 0.6 is 0 Å². The van der Waals surface area contributed by atoms with Gasteiger partial charge in [-0.1, -0.05) is 24.3 Å². The molecule has 1 aromatic heterocycles. The maximum absolute atomic E-state index is 13.5. The normalized spacial score (nSPS) is 11.6. The van der Waals surface area contributed by atoms with Crippen molar-refractivity contribution in [1.29, 1.82) is 0 Å². The zero-order chi connectivity index (χ0) is 18.2. The largest absolute Gasteiger partial charge is 0.497 e. The van der Waals surface area contributed by atoms with Crippen molar-refractivity contribution >= 4 is 5.82 Å². The van der Waals surface area contributed by atoms with Gasteiger partial charge in [0.05, 0.1) is 18.4 Å². The Morgan fingerprint density at radius 3 is 2.32 bits per heavy atom. The molecule has 0 fully saturated rings. The third kappa shape index (κ3) is 3.17. The molecule has 1 heterocycles. The number of ether oxygens (including phenoxy) is 1. The third-order valence-electron chi connectivity index (χ3n) is 3.81. The number of nitrogens with zero attached hydrogens (tertiary/aromatic N) is 2. The van der Waals surface area contributed by atoms with Gasteiger partial charge in [-0.15, -0.1) is 0 Å². The summed E-state index contributed by atoms with van der Waals surface area (Å²) in [4.78, 5) is 0. The highest BCUT2D eigenvalue weighted by molar-refractivity contribution is 5.78. The number of anilines is 1. The molecule has 130 valence electrons. The maximum Gasteiger partial charge on any atom is 0.435 e. The summed E-state index contributed by atoms with van der Waals surface area (Å²) in [5.74, 6) is 0.477. The Balaban J connectivity index is 2.22. The predicted molar refractivity (Wildman–Crippen MR) is 89.7 cm³/mol. The first kappa shape index (κ1) is 16.9. The number of alkyl halides is 3. The van der Waals surface area contributed by atoms with Crippen LogP contribution in [0.25, 0.3) is 16.8 Å². The highest BCUT2D eigenvalue weighted by atomic mass is 19.4. The van der Waals surface area contributed by atoms with Gasteiger partial charge < -0.3 is 10.5 Å². The molecule has 3 aromatic rings. The first-order chi connectivity index (χ1) is 11.8. The van der Waals surface area contributed by atoms with Crippen LogP contribution in [0.15, 0.2) is 48.5 Å². The van der Waals surface area contributed by atoms with Gasteiger partial charge in [-0.25, -0.2) is 4.68 Å². The summed E-state index contributed by atoms with van der Waals surface area (Å²) in [6, 6.07) is 13.2. The van der Waals surface area contributed by atoms with Crippen LogP contribution in [-0.4, -0.2) is 16.9 Å². The molecule has 0 saturated heterocycles. The van der Waals surface area contributed by atoms with Crippen molar-refractivity contribution in [3.8, 4) is 22.6 Å². The number of hydrogen-bond donors (Lipinski definition) is 1. The van der Waals surface area contributed by atoms with E-state index in [2.05, 4.69) is 5.10 Å². The summed E-state index contributed by atoms with van der Waals surface area (Å²) in [5.41, 5.74) is 6.59. The van der Waals surface area contributed by atoms with Crippen molar-refractivity contribution in [3.63, 3.8) is 0 Å². The van der Waals surface area contributed by atoms with Crippen molar-refractivity contribution < 1.29 is 17.9 Å². The van der Waals surface area contributed by atoms with E-state index < -0.39 is 11.9 Å². The van der Waals surface area contributed by atoms with Crippen LogP contribution in [-0.2, 0) is 6.18 Å². The molecule has 0 aliphatic heterocycles. The van der Waals surface area contributed by atoms with Crippen LogP contribution in [0.4, 0.5) is 19.0 Å². The molecule has 2 N–H and O–H groups in total. The molecule has 0 radical (unpaired) electrons. The highest BCUT2D eigenvalue weighted by Gasteiger charge is 2.39. The van der Waals surface area contributed by atoms with Crippen LogP contribution in [0.3, 0.4) is 0 Å². The third-order valence-corrected chi connectivity index (χ3v) is 3.81. The molecule has 0 saturated carbocycles. The number of nitrogen functional groups attached to an aromatic ring is 1. The van der Waals surface area contributed by atoms with Crippen LogP contribution < -0.4 is 10.5 Å². The van der Waals surface area contributed by atoms with Crippen molar-refractivity contribution in [3.05, 3.63) is 59.8 Å². The zero-order valence-corrected chi connectivity index (χ0v) is 13.6. The summed E-state index contributed by atoms with van der Waals surface area (Å²) < 4.78 is 46.7. The number of hydrogen-bond acceptors (Lipinski definition) is 3. The Bertz CT molecular complexity index is 899. The molecule has 3 rings (SSSR count). The van der Waals surface area contributed by atoms with Crippen molar-refractivity contribution in [2.75, 3.05) is 12.8 Å². The first-order valence-corrected chi connectivity index (χ1v) is 7.48. The summed E-state index contributed by atoms with van der Waals surface area (Å²) in [5, 5.41) is 3.75. The molecule has 0 atom stereocenters. The lowest BCUT2D eigenvalue weighted by atomic mass is 10.0. The van der Waals surface area contributed by atoms with E-state index in [1.54, 1.807) is 30.3 Å². The summed E-state index contributed by atoms with van der Waals surface area (Å²) in [6.07, 6.45) is -4.63. The Kier molecular flexibility index (Phi) is 4.16. The van der Waals surface area contributed by atoms with Crippen molar-refractivity contribution in [2.24, 2.45) is 0 Å². The van der Waals surface area contributed by atoms with Crippen LogP contribution in [0, 0.1) is 6.92 Å². The molecule has 0 unspecified atom stereocenters. The Morgan fingerprint density at radius 1 is 1.08 bits per heavy atom. The maximum atomic E-state index is 13.5. The lowest BCUT2D eigenvalue weighted by Crippen LogP contribution is -2.08. The fourth-order valence-corrected chi connectivity index (χ4v) is 2.63. The van der Waals surface area contributed by atoms with Gasteiger partial charge in [-0.2, -0.15) is 18.3 Å². The quantitative estimate of drug-likeness (QED) is 0.761. The molecule has 2 aromatic carbocycles. The van der Waals surface area contributed by atoms with Gasteiger partial charge in [0.2, 0.25) is 0 Å². The molecular formula is C18H16F3N3O. The Labute approximate surface area is 142 Å². The van der Waals surface area contributed by atoms with Gasteiger partial charge >= 0.3 is 6.18 Å². The summed E-state index contributed by atoms with van der Waals surface area (Å²) in [6.45, 7) is 1.85. The van der Waals surface area contributed by atoms with E-state index >= 15 is 0 Å². The minimum absolute atomic E-state index is 0.0666. The fraction of sp³-hybridized carbons (Fsp3) is 0.167. The SMILES string of the molecule is COc1ccc(-c2c(C(F)(F)F)nn(-c3cccc(C)c3)c2N)cc1. The molecule has 0 bridgehead atoms. The van der Waals surface area contributed by atoms with Crippen molar-refractivity contribution in [2.45, 2.75) is 13.1 Å².